The fraction of sp³-hybridized carbons (Fsp3) is 0.0909. The largest absolute Gasteiger partial charge is 0.461 e. The Morgan fingerprint density at radius 3 is 2.64 bits per heavy atom. The van der Waals surface area contributed by atoms with Crippen molar-refractivity contribution in [2.45, 2.75) is 6.92 Å². The van der Waals surface area contributed by atoms with Gasteiger partial charge in [-0.2, -0.15) is 5.26 Å². The third-order valence-corrected chi connectivity index (χ3v) is 1.90. The molecule has 14 heavy (non-hydrogen) atoms. The summed E-state index contributed by atoms with van der Waals surface area (Å²) in [5.74, 6) is 1.64. The molecule has 2 aromatic heterocycles. The zero-order valence-electron chi connectivity index (χ0n) is 7.69. The van der Waals surface area contributed by atoms with Gasteiger partial charge < -0.3 is 4.42 Å². The third kappa shape index (κ3) is 1.50. The van der Waals surface area contributed by atoms with E-state index in [2.05, 4.69) is 4.98 Å². The van der Waals surface area contributed by atoms with Gasteiger partial charge in [0.15, 0.2) is 0 Å². The van der Waals surface area contributed by atoms with Crippen molar-refractivity contribution >= 4 is 0 Å². The van der Waals surface area contributed by atoms with Gasteiger partial charge in [0.25, 0.3) is 0 Å². The molecule has 0 saturated carbocycles. The Labute approximate surface area is 81.6 Å². The number of hydrogen-bond acceptors (Lipinski definition) is 3. The van der Waals surface area contributed by atoms with Crippen molar-refractivity contribution < 1.29 is 4.42 Å². The molecular weight excluding hydrogens is 176 g/mol. The predicted molar refractivity (Wildman–Crippen MR) is 51.4 cm³/mol. The lowest BCUT2D eigenvalue weighted by Gasteiger charge is -1.95. The lowest BCUT2D eigenvalue weighted by atomic mass is 10.2. The van der Waals surface area contributed by atoms with E-state index in [4.69, 9.17) is 9.68 Å². The third-order valence-electron chi connectivity index (χ3n) is 1.90. The average Bonchev–Trinajstić information content (AvgIpc) is 2.65. The number of hydrogen-bond donors (Lipinski definition) is 0. The minimum absolute atomic E-state index is 0.414. The highest BCUT2D eigenvalue weighted by Gasteiger charge is 2.02. The van der Waals surface area contributed by atoms with E-state index in [0.29, 0.717) is 5.69 Å². The number of nitriles is 1. The summed E-state index contributed by atoms with van der Waals surface area (Å²) in [5.41, 5.74) is 1.30. The first kappa shape index (κ1) is 8.52. The summed E-state index contributed by atoms with van der Waals surface area (Å²) < 4.78 is 5.42. The molecule has 3 nitrogen and oxygen atoms in total. The fourth-order valence-electron chi connectivity index (χ4n) is 1.20. The second kappa shape index (κ2) is 3.35. The highest BCUT2D eigenvalue weighted by molar-refractivity contribution is 5.56. The van der Waals surface area contributed by atoms with Crippen LogP contribution < -0.4 is 0 Å². The second-order valence-corrected chi connectivity index (χ2v) is 2.95. The maximum Gasteiger partial charge on any atom is 0.140 e. The van der Waals surface area contributed by atoms with Crippen LogP contribution in [0.5, 0.6) is 0 Å². The van der Waals surface area contributed by atoms with Gasteiger partial charge in [0, 0.05) is 11.8 Å². The molecule has 0 aliphatic carbocycles. The zero-order valence-corrected chi connectivity index (χ0v) is 7.69. The molecule has 2 aromatic rings. The number of pyridine rings is 1. The number of aromatic nitrogens is 1. The van der Waals surface area contributed by atoms with Crippen molar-refractivity contribution in [1.82, 2.24) is 4.98 Å². The second-order valence-electron chi connectivity index (χ2n) is 2.95. The van der Waals surface area contributed by atoms with E-state index in [-0.39, 0.29) is 0 Å². The summed E-state index contributed by atoms with van der Waals surface area (Å²) in [6.07, 6.45) is 1.64. The van der Waals surface area contributed by atoms with Crippen molar-refractivity contribution in [3.05, 3.63) is 41.9 Å². The van der Waals surface area contributed by atoms with E-state index in [1.165, 1.54) is 0 Å². The SMILES string of the molecule is Cc1ccc(-c2ccc(C#N)nc2)o1. The molecule has 0 fully saturated rings. The van der Waals surface area contributed by atoms with E-state index < -0.39 is 0 Å². The fourth-order valence-corrected chi connectivity index (χ4v) is 1.20. The zero-order chi connectivity index (χ0) is 9.97. The highest BCUT2D eigenvalue weighted by atomic mass is 16.3. The smallest absolute Gasteiger partial charge is 0.140 e. The van der Waals surface area contributed by atoms with Gasteiger partial charge in [0.1, 0.15) is 23.3 Å². The average molecular weight is 184 g/mol. The number of nitrogens with zero attached hydrogens (tertiary/aromatic N) is 2. The lowest BCUT2D eigenvalue weighted by Crippen LogP contribution is -1.81. The van der Waals surface area contributed by atoms with Gasteiger partial charge in [-0.3, -0.25) is 0 Å². The Balaban J connectivity index is 2.39. The van der Waals surface area contributed by atoms with Crippen LogP contribution in [0.3, 0.4) is 0 Å². The number of rotatable bonds is 1. The Kier molecular flexibility index (Phi) is 2.04. The summed E-state index contributed by atoms with van der Waals surface area (Å²) >= 11 is 0. The molecule has 0 spiro atoms. The summed E-state index contributed by atoms with van der Waals surface area (Å²) in [4.78, 5) is 3.96. The van der Waals surface area contributed by atoms with Crippen LogP contribution in [0.25, 0.3) is 11.3 Å². The van der Waals surface area contributed by atoms with Gasteiger partial charge in [0.05, 0.1) is 0 Å². The van der Waals surface area contributed by atoms with Crippen molar-refractivity contribution in [3.63, 3.8) is 0 Å². The molecule has 0 bridgehead atoms. The highest BCUT2D eigenvalue weighted by Crippen LogP contribution is 2.20. The van der Waals surface area contributed by atoms with E-state index in [9.17, 15) is 0 Å². The molecule has 2 rings (SSSR count). The van der Waals surface area contributed by atoms with Gasteiger partial charge in [-0.1, -0.05) is 0 Å². The van der Waals surface area contributed by atoms with E-state index in [0.717, 1.165) is 17.1 Å². The Bertz CT molecular complexity index is 477. The maximum absolute atomic E-state index is 8.57. The summed E-state index contributed by atoms with van der Waals surface area (Å²) in [5, 5.41) is 8.57. The Hall–Kier alpha value is -2.08. The maximum atomic E-state index is 8.57. The minimum Gasteiger partial charge on any atom is -0.461 e. The molecule has 0 aliphatic rings. The monoisotopic (exact) mass is 184 g/mol. The van der Waals surface area contributed by atoms with Crippen molar-refractivity contribution in [3.8, 4) is 17.4 Å². The summed E-state index contributed by atoms with van der Waals surface area (Å²) in [6, 6.07) is 9.25. The van der Waals surface area contributed by atoms with Crippen molar-refractivity contribution in [2.75, 3.05) is 0 Å². The first-order chi connectivity index (χ1) is 6.79. The minimum atomic E-state index is 0.414. The molecule has 0 unspecified atom stereocenters. The molecule has 0 aromatic carbocycles. The van der Waals surface area contributed by atoms with Gasteiger partial charge in [-0.15, -0.1) is 0 Å². The number of aryl methyl sites for hydroxylation is 1. The van der Waals surface area contributed by atoms with Crippen LogP contribution in [-0.2, 0) is 0 Å². The standard InChI is InChI=1S/C11H8N2O/c1-8-2-5-11(14-8)9-3-4-10(6-12)13-7-9/h2-5,7H,1H3. The van der Waals surface area contributed by atoms with Gasteiger partial charge >= 0.3 is 0 Å². The normalized spacial score (nSPS) is 9.71. The van der Waals surface area contributed by atoms with Crippen molar-refractivity contribution in [1.29, 1.82) is 5.26 Å². The van der Waals surface area contributed by atoms with E-state index in [1.807, 2.05) is 31.2 Å². The van der Waals surface area contributed by atoms with Crippen LogP contribution in [0.15, 0.2) is 34.9 Å². The van der Waals surface area contributed by atoms with Gasteiger partial charge in [-0.05, 0) is 31.2 Å². The molecule has 3 heteroatoms. The molecule has 0 saturated heterocycles. The van der Waals surface area contributed by atoms with Crippen LogP contribution in [-0.4, -0.2) is 4.98 Å². The number of furan rings is 1. The van der Waals surface area contributed by atoms with E-state index in [1.54, 1.807) is 12.3 Å². The topological polar surface area (TPSA) is 49.8 Å². The van der Waals surface area contributed by atoms with Crippen LogP contribution >= 0.6 is 0 Å². The Morgan fingerprint density at radius 2 is 2.14 bits per heavy atom. The first-order valence-corrected chi connectivity index (χ1v) is 4.22. The molecule has 0 aliphatic heterocycles. The molecule has 0 radical (unpaired) electrons. The van der Waals surface area contributed by atoms with Gasteiger partial charge in [-0.25, -0.2) is 4.98 Å². The van der Waals surface area contributed by atoms with Crippen LogP contribution in [0.4, 0.5) is 0 Å². The first-order valence-electron chi connectivity index (χ1n) is 4.22. The molecular formula is C11H8N2O. The van der Waals surface area contributed by atoms with E-state index >= 15 is 0 Å². The van der Waals surface area contributed by atoms with Crippen LogP contribution in [0, 0.1) is 18.3 Å². The lowest BCUT2D eigenvalue weighted by molar-refractivity contribution is 0.548. The van der Waals surface area contributed by atoms with Gasteiger partial charge in [0.2, 0.25) is 0 Å². The summed E-state index contributed by atoms with van der Waals surface area (Å²) in [7, 11) is 0. The van der Waals surface area contributed by atoms with Crippen LogP contribution in [0.2, 0.25) is 0 Å². The molecule has 68 valence electrons. The van der Waals surface area contributed by atoms with Crippen LogP contribution in [0.1, 0.15) is 11.5 Å². The summed E-state index contributed by atoms with van der Waals surface area (Å²) in [6.45, 7) is 1.89. The quantitative estimate of drug-likeness (QED) is 0.684. The molecule has 0 N–H and O–H groups in total. The Morgan fingerprint density at radius 1 is 1.29 bits per heavy atom. The molecule has 2 heterocycles. The molecule has 0 atom stereocenters. The molecule has 0 amide bonds. The predicted octanol–water partition coefficient (Wildman–Crippen LogP) is 2.52. The van der Waals surface area contributed by atoms with Crippen molar-refractivity contribution in [2.24, 2.45) is 0 Å².